The van der Waals surface area contributed by atoms with Gasteiger partial charge in [-0.3, -0.25) is 9.36 Å². The van der Waals surface area contributed by atoms with Crippen molar-refractivity contribution in [1.29, 1.82) is 0 Å². The van der Waals surface area contributed by atoms with Gasteiger partial charge in [-0.25, -0.2) is 0 Å². The highest BCUT2D eigenvalue weighted by Gasteiger charge is 2.39. The van der Waals surface area contributed by atoms with Crippen LogP contribution in [0.25, 0.3) is 0 Å². The summed E-state index contributed by atoms with van der Waals surface area (Å²) >= 11 is 0. The highest BCUT2D eigenvalue weighted by Crippen LogP contribution is 2.39. The van der Waals surface area contributed by atoms with Crippen LogP contribution >= 0.6 is 7.82 Å². The molecule has 0 saturated heterocycles. The van der Waals surface area contributed by atoms with Gasteiger partial charge in [-0.15, -0.1) is 0 Å². The normalized spacial score (nSPS) is 21.8. The Kier molecular flexibility index (Phi) is 30.0. The second-order valence-electron chi connectivity index (χ2n) is 17.4. The molecule has 0 radical (unpaired) electrons. The van der Waals surface area contributed by atoms with Crippen LogP contribution in [-0.4, -0.2) is 102 Å². The van der Waals surface area contributed by atoms with Gasteiger partial charge in [-0.1, -0.05) is 147 Å². The van der Waals surface area contributed by atoms with E-state index in [2.05, 4.69) is 19.2 Å². The fraction of sp³-hybridized carbons (Fsp3) is 0.886. The van der Waals surface area contributed by atoms with Gasteiger partial charge in [0.2, 0.25) is 5.91 Å². The van der Waals surface area contributed by atoms with Crippen LogP contribution in [-0.2, 0) is 18.4 Å². The lowest BCUT2D eigenvalue weighted by atomic mass is 9.88. The number of rotatable bonds is 36. The number of quaternary nitrogens is 1. The fourth-order valence-corrected chi connectivity index (χ4v) is 8.09. The maximum absolute atomic E-state index is 13.0. The first-order valence-corrected chi connectivity index (χ1v) is 23.9. The summed E-state index contributed by atoms with van der Waals surface area (Å²) in [4.78, 5) is 25.5. The molecule has 0 aliphatic heterocycles. The largest absolute Gasteiger partial charge is 0.756 e. The van der Waals surface area contributed by atoms with Gasteiger partial charge in [0.1, 0.15) is 13.2 Å². The van der Waals surface area contributed by atoms with Crippen molar-refractivity contribution in [1.82, 2.24) is 5.32 Å². The summed E-state index contributed by atoms with van der Waals surface area (Å²) in [7, 11) is 1.13. The van der Waals surface area contributed by atoms with Gasteiger partial charge in [0.15, 0.2) is 0 Å². The molecule has 0 spiro atoms. The molecule has 1 aliphatic carbocycles. The molecule has 1 amide bonds. The lowest BCUT2D eigenvalue weighted by molar-refractivity contribution is -0.870. The molecule has 8 atom stereocenters. The Morgan fingerprint density at radius 3 is 2.00 bits per heavy atom. The van der Waals surface area contributed by atoms with Gasteiger partial charge in [0.25, 0.3) is 7.82 Å². The van der Waals surface area contributed by atoms with Gasteiger partial charge >= 0.3 is 0 Å². The first kappa shape index (κ1) is 52.9. The Balaban J connectivity index is 2.54. The Hall–Kier alpha value is -1.14. The molecule has 1 saturated carbocycles. The van der Waals surface area contributed by atoms with Crippen molar-refractivity contribution in [3.8, 4) is 0 Å². The number of allylic oxidation sites excluding steroid dienone is 1. The molecule has 0 bridgehead atoms. The molecule has 1 rings (SSSR count). The molecule has 1 aliphatic rings. The molecule has 0 aromatic carbocycles. The molecule has 1 unspecified atom stereocenters. The zero-order valence-electron chi connectivity index (χ0n) is 36.2. The number of phosphoric acid groups is 1. The molecule has 330 valence electrons. The quantitative estimate of drug-likeness (QED) is 0.0183. The van der Waals surface area contributed by atoms with Gasteiger partial charge < -0.3 is 44.2 Å². The molecule has 0 aromatic rings. The van der Waals surface area contributed by atoms with E-state index in [0.717, 1.165) is 64.2 Å². The van der Waals surface area contributed by atoms with Crippen molar-refractivity contribution in [2.75, 3.05) is 40.9 Å². The maximum Gasteiger partial charge on any atom is 0.268 e. The van der Waals surface area contributed by atoms with Crippen molar-refractivity contribution < 1.29 is 48.2 Å². The molecule has 0 heterocycles. The number of nitrogens with one attached hydrogen (secondary N) is 1. The van der Waals surface area contributed by atoms with Crippen molar-refractivity contribution in [2.24, 2.45) is 11.8 Å². The number of carbonyl (C=O) groups excluding carboxylic acids is 1. The predicted molar refractivity (Wildman–Crippen MR) is 226 cm³/mol. The Labute approximate surface area is 341 Å². The minimum absolute atomic E-state index is 0.0390. The molecule has 1 fully saturated rings. The standard InChI is InChI=1S/C44H85N2O9P/c1-6-8-10-11-12-13-14-15-16-17-18-19-20-25-29-41(48)40(36-55-56(52,53)54-34-33-46(3,4)5)45-44(51)30-26-22-21-24-28-38-39(43(50)35-42(38)49)32-31-37(47)27-23-9-7-2/h25,29,31-32,37-43,47-50H,6-24,26-28,30,33-36H2,1-5H3,(H-,45,51,52,53)/b29-25+,32-31+/t37-,38+,39+,40-,41+,42-,43+/m0/s1. The SMILES string of the molecule is CCCCCCCCCCCCCC/C=C/[C@@H](O)[C@H](COP(=O)([O-])OCC[N+](C)(C)C)NC(=O)CCCCCC[C@@H]1[C@@H](/C=C/[C@@H](O)CCCCC)[C@H](O)C[C@@H]1O. The smallest absolute Gasteiger partial charge is 0.268 e. The van der Waals surface area contributed by atoms with E-state index < -0.39 is 44.9 Å². The van der Waals surface area contributed by atoms with E-state index >= 15 is 0 Å². The Morgan fingerprint density at radius 1 is 0.804 bits per heavy atom. The van der Waals surface area contributed by atoms with Crippen molar-refractivity contribution in [3.05, 3.63) is 24.3 Å². The van der Waals surface area contributed by atoms with Crippen LogP contribution in [0.5, 0.6) is 0 Å². The van der Waals surface area contributed by atoms with Crippen LogP contribution in [0.2, 0.25) is 0 Å². The summed E-state index contributed by atoms with van der Waals surface area (Å²) in [6.45, 7) is 4.35. The summed E-state index contributed by atoms with van der Waals surface area (Å²) in [5.41, 5.74) is 0. The first-order chi connectivity index (χ1) is 26.7. The highest BCUT2D eigenvalue weighted by molar-refractivity contribution is 7.45. The monoisotopic (exact) mass is 817 g/mol. The molecular weight excluding hydrogens is 731 g/mol. The van der Waals surface area contributed by atoms with E-state index in [9.17, 15) is 34.7 Å². The number of hydrogen-bond acceptors (Lipinski definition) is 9. The van der Waals surface area contributed by atoms with Gasteiger partial charge in [0.05, 0.1) is 58.2 Å². The first-order valence-electron chi connectivity index (χ1n) is 22.5. The average Bonchev–Trinajstić information content (AvgIpc) is 3.40. The van der Waals surface area contributed by atoms with Crippen molar-refractivity contribution in [3.63, 3.8) is 0 Å². The molecule has 56 heavy (non-hydrogen) atoms. The second-order valence-corrected chi connectivity index (χ2v) is 18.8. The Morgan fingerprint density at radius 2 is 1.38 bits per heavy atom. The molecule has 5 N–H and O–H groups in total. The predicted octanol–water partition coefficient (Wildman–Crippen LogP) is 7.88. The molecule has 11 nitrogen and oxygen atoms in total. The number of phosphoric ester groups is 1. The number of nitrogens with zero attached hydrogens (tertiary/aromatic N) is 1. The zero-order valence-corrected chi connectivity index (χ0v) is 37.1. The summed E-state index contributed by atoms with van der Waals surface area (Å²) in [6, 6.07) is -0.963. The van der Waals surface area contributed by atoms with E-state index in [1.807, 2.05) is 33.3 Å². The van der Waals surface area contributed by atoms with Crippen molar-refractivity contribution in [2.45, 2.75) is 198 Å². The van der Waals surface area contributed by atoms with Crippen LogP contribution in [0.4, 0.5) is 0 Å². The number of likely N-dealkylation sites (N-methyl/N-ethyl adjacent to an activating group) is 1. The van der Waals surface area contributed by atoms with E-state index in [1.54, 1.807) is 12.2 Å². The van der Waals surface area contributed by atoms with Crippen LogP contribution in [0.15, 0.2) is 24.3 Å². The number of unbranched alkanes of at least 4 members (excludes halogenated alkanes) is 17. The molecule has 12 heteroatoms. The van der Waals surface area contributed by atoms with Crippen LogP contribution in [0.3, 0.4) is 0 Å². The van der Waals surface area contributed by atoms with E-state index in [0.29, 0.717) is 30.3 Å². The van der Waals surface area contributed by atoms with Gasteiger partial charge in [-0.2, -0.15) is 0 Å². The zero-order chi connectivity index (χ0) is 41.7. The van der Waals surface area contributed by atoms with E-state index in [-0.39, 0.29) is 30.8 Å². The topological polar surface area (TPSA) is 169 Å². The summed E-state index contributed by atoms with van der Waals surface area (Å²) in [6.07, 6.45) is 28.5. The summed E-state index contributed by atoms with van der Waals surface area (Å²) in [5, 5.41) is 45.2. The lowest BCUT2D eigenvalue weighted by Gasteiger charge is -2.29. The second kappa shape index (κ2) is 31.7. The molecule has 0 aromatic heterocycles. The number of carbonyl (C=O) groups is 1. The van der Waals surface area contributed by atoms with Crippen LogP contribution in [0.1, 0.15) is 168 Å². The number of hydrogen-bond donors (Lipinski definition) is 5. The number of aliphatic hydroxyl groups is 4. The third-order valence-electron chi connectivity index (χ3n) is 11.0. The fourth-order valence-electron chi connectivity index (χ4n) is 7.37. The average molecular weight is 817 g/mol. The highest BCUT2D eigenvalue weighted by atomic mass is 31.2. The third kappa shape index (κ3) is 27.5. The van der Waals surface area contributed by atoms with Gasteiger partial charge in [0, 0.05) is 18.8 Å². The summed E-state index contributed by atoms with van der Waals surface area (Å²) < 4.78 is 23.2. The van der Waals surface area contributed by atoms with Crippen molar-refractivity contribution >= 4 is 13.7 Å². The lowest BCUT2D eigenvalue weighted by Crippen LogP contribution is -2.45. The van der Waals surface area contributed by atoms with Gasteiger partial charge in [-0.05, 0) is 38.0 Å². The minimum atomic E-state index is -4.65. The third-order valence-corrected chi connectivity index (χ3v) is 12.0. The number of aliphatic hydroxyl groups excluding tert-OH is 4. The van der Waals surface area contributed by atoms with Crippen LogP contribution in [0, 0.1) is 11.8 Å². The molecular formula is C44H85N2O9P. The summed E-state index contributed by atoms with van der Waals surface area (Å²) in [5.74, 6) is -0.556. The van der Waals surface area contributed by atoms with E-state index in [4.69, 9.17) is 9.05 Å². The van der Waals surface area contributed by atoms with Crippen LogP contribution < -0.4 is 10.2 Å². The minimum Gasteiger partial charge on any atom is -0.756 e. The Bertz CT molecular complexity index is 1090. The maximum atomic E-state index is 13.0. The van der Waals surface area contributed by atoms with E-state index in [1.165, 1.54) is 64.2 Å². The number of amides is 1.